The van der Waals surface area contributed by atoms with Crippen molar-refractivity contribution in [3.05, 3.63) is 0 Å². The van der Waals surface area contributed by atoms with E-state index in [-0.39, 0.29) is 24.2 Å². The largest absolute Gasteiger partial charge is 0.467 e. The molecule has 0 aromatic carbocycles. The first-order valence-electron chi connectivity index (χ1n) is 7.79. The number of nitrogens with zero attached hydrogens (tertiary/aromatic N) is 1. The molecule has 0 aromatic rings. The Kier molecular flexibility index (Phi) is 8.98. The summed E-state index contributed by atoms with van der Waals surface area (Å²) in [5.41, 5.74) is 0. The summed E-state index contributed by atoms with van der Waals surface area (Å²) in [6.07, 6.45) is 0.700. The maximum Gasteiger partial charge on any atom is 0.329 e. The molecule has 8 nitrogen and oxygen atoms in total. The van der Waals surface area contributed by atoms with Gasteiger partial charge in [-0.2, -0.15) is 4.99 Å². The maximum atomic E-state index is 12.1. The Morgan fingerprint density at radius 3 is 2.60 bits per heavy atom. The number of hydrogen-bond donors (Lipinski definition) is 1. The Labute approximate surface area is 154 Å². The summed E-state index contributed by atoms with van der Waals surface area (Å²) in [4.78, 5) is 50.9. The Bertz CT molecular complexity index is 566. The topological polar surface area (TPSA) is 111 Å². The Balaban J connectivity index is 2.53. The summed E-state index contributed by atoms with van der Waals surface area (Å²) in [6.45, 7) is 5.58. The summed E-state index contributed by atoms with van der Waals surface area (Å²) >= 11 is 2.00. The number of rotatable bonds is 8. The van der Waals surface area contributed by atoms with Crippen LogP contribution in [0.1, 0.15) is 27.2 Å². The average Bonchev–Trinajstić information content (AvgIpc) is 2.97. The summed E-state index contributed by atoms with van der Waals surface area (Å²) in [7, 11) is 1.27. The highest BCUT2D eigenvalue weighted by molar-refractivity contribution is 8.40. The van der Waals surface area contributed by atoms with Crippen LogP contribution in [-0.4, -0.2) is 58.9 Å². The van der Waals surface area contributed by atoms with Crippen molar-refractivity contribution in [2.24, 2.45) is 10.9 Å². The van der Waals surface area contributed by atoms with Crippen molar-refractivity contribution in [3.8, 4) is 0 Å². The molecule has 1 N–H and O–H groups in total. The zero-order valence-corrected chi connectivity index (χ0v) is 16.2. The number of nitrogens with one attached hydrogen (secondary N) is 1. The van der Waals surface area contributed by atoms with E-state index >= 15 is 0 Å². The molecule has 0 saturated carbocycles. The van der Waals surface area contributed by atoms with Gasteiger partial charge in [0, 0.05) is 0 Å². The van der Waals surface area contributed by atoms with Gasteiger partial charge in [0.05, 0.1) is 19.5 Å². The van der Waals surface area contributed by atoms with Crippen molar-refractivity contribution in [1.82, 2.24) is 5.32 Å². The van der Waals surface area contributed by atoms with Crippen molar-refractivity contribution in [2.75, 3.05) is 19.5 Å². The van der Waals surface area contributed by atoms with Gasteiger partial charge in [-0.25, -0.2) is 4.79 Å². The lowest BCUT2D eigenvalue weighted by Gasteiger charge is -2.21. The third kappa shape index (κ3) is 6.35. The molecule has 0 radical (unpaired) electrons. The molecule has 0 aromatic heterocycles. The molecular weight excluding hydrogens is 368 g/mol. The van der Waals surface area contributed by atoms with Gasteiger partial charge in [-0.05, 0) is 12.8 Å². The van der Waals surface area contributed by atoms with Crippen LogP contribution >= 0.6 is 23.5 Å². The normalized spacial score (nSPS) is 19.0. The first-order chi connectivity index (χ1) is 11.8. The number of carbonyl (C=O) groups excluding carboxylic acids is 4. The minimum Gasteiger partial charge on any atom is -0.467 e. The van der Waals surface area contributed by atoms with Crippen molar-refractivity contribution >= 4 is 51.7 Å². The monoisotopic (exact) mass is 390 g/mol. The van der Waals surface area contributed by atoms with E-state index in [0.717, 1.165) is 23.5 Å². The quantitative estimate of drug-likeness (QED) is 0.482. The number of methoxy groups -OCH3 is 1. The molecule has 1 rings (SSSR count). The van der Waals surface area contributed by atoms with Gasteiger partial charge in [0.25, 0.3) is 5.91 Å². The van der Waals surface area contributed by atoms with Crippen LogP contribution in [0.3, 0.4) is 0 Å². The SMILES string of the molecule is CCOC(=O)[C@@H]1SC(SCC(=O)N[C@H](C(=O)OC)[C@@H](C)CC)=NC1=O. The molecule has 140 valence electrons. The predicted octanol–water partition coefficient (Wildman–Crippen LogP) is 0.985. The molecule has 0 spiro atoms. The number of carbonyl (C=O) groups is 4. The van der Waals surface area contributed by atoms with Crippen LogP contribution in [0.25, 0.3) is 0 Å². The van der Waals surface area contributed by atoms with Crippen LogP contribution in [-0.2, 0) is 28.7 Å². The van der Waals surface area contributed by atoms with Crippen LogP contribution in [0, 0.1) is 5.92 Å². The number of esters is 2. The standard InChI is InChI=1S/C15H22N2O6S2/c1-5-8(3)10(13(20)22-4)16-9(18)7-24-15-17-12(19)11(25-15)14(21)23-6-2/h8,10-11H,5-7H2,1-4H3,(H,16,18)/t8-,10-,11+/m0/s1. The number of hydrogen-bond acceptors (Lipinski definition) is 8. The highest BCUT2D eigenvalue weighted by atomic mass is 32.2. The Hall–Kier alpha value is -1.55. The van der Waals surface area contributed by atoms with Gasteiger partial charge in [0.15, 0.2) is 5.25 Å². The molecule has 0 saturated heterocycles. The first kappa shape index (κ1) is 21.5. The molecule has 0 unspecified atom stereocenters. The van der Waals surface area contributed by atoms with Crippen molar-refractivity contribution in [1.29, 1.82) is 0 Å². The summed E-state index contributed by atoms with van der Waals surface area (Å²) in [5.74, 6) is -2.20. The third-order valence-corrected chi connectivity index (χ3v) is 5.77. The van der Waals surface area contributed by atoms with E-state index < -0.39 is 29.1 Å². The van der Waals surface area contributed by atoms with Crippen LogP contribution in [0.2, 0.25) is 0 Å². The zero-order valence-electron chi connectivity index (χ0n) is 14.6. The summed E-state index contributed by atoms with van der Waals surface area (Å²) < 4.78 is 9.84. The lowest BCUT2D eigenvalue weighted by molar-refractivity contribution is -0.146. The van der Waals surface area contributed by atoms with Crippen LogP contribution in [0.15, 0.2) is 4.99 Å². The van der Waals surface area contributed by atoms with E-state index in [4.69, 9.17) is 9.47 Å². The molecule has 10 heteroatoms. The van der Waals surface area contributed by atoms with E-state index in [1.165, 1.54) is 7.11 Å². The first-order valence-corrected chi connectivity index (χ1v) is 9.66. The molecular formula is C15H22N2O6S2. The second-order valence-corrected chi connectivity index (χ2v) is 7.52. The van der Waals surface area contributed by atoms with Gasteiger partial charge < -0.3 is 14.8 Å². The fourth-order valence-electron chi connectivity index (χ4n) is 1.90. The van der Waals surface area contributed by atoms with E-state index in [2.05, 4.69) is 10.3 Å². The highest BCUT2D eigenvalue weighted by Crippen LogP contribution is 2.30. The van der Waals surface area contributed by atoms with E-state index in [1.807, 2.05) is 13.8 Å². The van der Waals surface area contributed by atoms with Gasteiger partial charge >= 0.3 is 11.9 Å². The van der Waals surface area contributed by atoms with Crippen molar-refractivity contribution < 1.29 is 28.7 Å². The molecule has 2 amide bonds. The lowest BCUT2D eigenvalue weighted by atomic mass is 9.99. The smallest absolute Gasteiger partial charge is 0.329 e. The van der Waals surface area contributed by atoms with Gasteiger partial charge in [0.2, 0.25) is 5.91 Å². The maximum absolute atomic E-state index is 12.1. The molecule has 1 aliphatic heterocycles. The minimum absolute atomic E-state index is 0.0292. The van der Waals surface area contributed by atoms with Crippen LogP contribution in [0.5, 0.6) is 0 Å². The number of amides is 2. The zero-order chi connectivity index (χ0) is 19.0. The molecule has 25 heavy (non-hydrogen) atoms. The third-order valence-electron chi connectivity index (χ3n) is 3.46. The Morgan fingerprint density at radius 2 is 2.04 bits per heavy atom. The van der Waals surface area contributed by atoms with Crippen molar-refractivity contribution in [2.45, 2.75) is 38.5 Å². The fourth-order valence-corrected chi connectivity index (χ4v) is 3.79. The molecule has 0 fully saturated rings. The van der Waals surface area contributed by atoms with E-state index in [9.17, 15) is 19.2 Å². The van der Waals surface area contributed by atoms with Gasteiger partial charge in [-0.15, -0.1) is 0 Å². The molecule has 1 aliphatic rings. The number of ether oxygens (including phenoxy) is 2. The Morgan fingerprint density at radius 1 is 1.36 bits per heavy atom. The minimum atomic E-state index is -1.01. The number of aliphatic imine (C=N–C) groups is 1. The van der Waals surface area contributed by atoms with Gasteiger partial charge in [-0.3, -0.25) is 14.4 Å². The average molecular weight is 390 g/mol. The fraction of sp³-hybridized carbons (Fsp3) is 0.667. The van der Waals surface area contributed by atoms with Crippen LogP contribution in [0.4, 0.5) is 0 Å². The number of thioether (sulfide) groups is 2. The molecule has 3 atom stereocenters. The van der Waals surface area contributed by atoms with E-state index in [1.54, 1.807) is 6.92 Å². The van der Waals surface area contributed by atoms with E-state index in [0.29, 0.717) is 10.8 Å². The van der Waals surface area contributed by atoms with Gasteiger partial charge in [-0.1, -0.05) is 43.8 Å². The molecule has 1 heterocycles. The molecule has 0 bridgehead atoms. The second kappa shape index (κ2) is 10.4. The predicted molar refractivity (Wildman–Crippen MR) is 96.3 cm³/mol. The van der Waals surface area contributed by atoms with Crippen molar-refractivity contribution in [3.63, 3.8) is 0 Å². The second-order valence-electron chi connectivity index (χ2n) is 5.21. The summed E-state index contributed by atoms with van der Waals surface area (Å²) in [6, 6.07) is -0.727. The van der Waals surface area contributed by atoms with Gasteiger partial charge in [0.1, 0.15) is 10.4 Å². The van der Waals surface area contributed by atoms with Crippen LogP contribution < -0.4 is 5.32 Å². The highest BCUT2D eigenvalue weighted by Gasteiger charge is 2.36. The summed E-state index contributed by atoms with van der Waals surface area (Å²) in [5, 5.41) is 1.63. The lowest BCUT2D eigenvalue weighted by Crippen LogP contribution is -2.46. The molecule has 0 aliphatic carbocycles.